The largest absolute Gasteiger partial charge is 0.370 e. The van der Waals surface area contributed by atoms with Gasteiger partial charge >= 0.3 is 0 Å². The third-order valence-electron chi connectivity index (χ3n) is 2.97. The van der Waals surface area contributed by atoms with Crippen LogP contribution in [0.1, 0.15) is 43.2 Å². The molecule has 0 aromatic carbocycles. The molecule has 0 atom stereocenters. The second-order valence-electron chi connectivity index (χ2n) is 5.22. The van der Waals surface area contributed by atoms with Crippen LogP contribution in [0.2, 0.25) is 0 Å². The molecular formula is C15H23N5S. The van der Waals surface area contributed by atoms with Crippen molar-refractivity contribution in [2.75, 3.05) is 23.7 Å². The molecule has 0 bridgehead atoms. The molecule has 0 saturated heterocycles. The molecule has 2 rings (SSSR count). The van der Waals surface area contributed by atoms with Gasteiger partial charge in [0.25, 0.3) is 0 Å². The van der Waals surface area contributed by atoms with Gasteiger partial charge in [0.2, 0.25) is 0 Å². The molecule has 21 heavy (non-hydrogen) atoms. The molecule has 0 aliphatic rings. The van der Waals surface area contributed by atoms with E-state index in [2.05, 4.69) is 51.7 Å². The van der Waals surface area contributed by atoms with Crippen LogP contribution in [-0.2, 0) is 6.42 Å². The van der Waals surface area contributed by atoms with Crippen molar-refractivity contribution >= 4 is 23.0 Å². The summed E-state index contributed by atoms with van der Waals surface area (Å²) in [5.41, 5.74) is 1.13. The second kappa shape index (κ2) is 7.36. The van der Waals surface area contributed by atoms with Gasteiger partial charge in [-0.3, -0.25) is 0 Å². The highest BCUT2D eigenvalue weighted by atomic mass is 32.1. The lowest BCUT2D eigenvalue weighted by atomic mass is 10.2. The fourth-order valence-corrected chi connectivity index (χ4v) is 2.58. The van der Waals surface area contributed by atoms with Gasteiger partial charge in [0.1, 0.15) is 17.5 Å². The molecule has 114 valence electrons. The molecule has 0 radical (unpaired) electrons. The molecule has 2 aromatic heterocycles. The van der Waals surface area contributed by atoms with E-state index in [0.717, 1.165) is 47.7 Å². The Labute approximate surface area is 130 Å². The Morgan fingerprint density at radius 3 is 2.43 bits per heavy atom. The van der Waals surface area contributed by atoms with E-state index in [0.29, 0.717) is 5.92 Å². The predicted molar refractivity (Wildman–Crippen MR) is 89.3 cm³/mol. The Hall–Kier alpha value is -1.69. The van der Waals surface area contributed by atoms with Crippen LogP contribution in [0, 0.1) is 6.92 Å². The number of hydrogen-bond donors (Lipinski definition) is 2. The Morgan fingerprint density at radius 1 is 1.14 bits per heavy atom. The van der Waals surface area contributed by atoms with Crippen molar-refractivity contribution < 1.29 is 0 Å². The molecule has 6 heteroatoms. The van der Waals surface area contributed by atoms with E-state index in [1.54, 1.807) is 11.3 Å². The zero-order valence-electron chi connectivity index (χ0n) is 13.1. The minimum Gasteiger partial charge on any atom is -0.370 e. The van der Waals surface area contributed by atoms with Crippen LogP contribution >= 0.6 is 11.3 Å². The number of thiazole rings is 1. The SMILES string of the molecule is CCNc1cc(NCCc2csc(C)n2)nc(C(C)C)n1. The van der Waals surface area contributed by atoms with Crippen LogP contribution in [-0.4, -0.2) is 28.0 Å². The summed E-state index contributed by atoms with van der Waals surface area (Å²) in [7, 11) is 0. The van der Waals surface area contributed by atoms with E-state index in [1.165, 1.54) is 0 Å². The Kier molecular flexibility index (Phi) is 5.50. The molecule has 0 saturated carbocycles. The van der Waals surface area contributed by atoms with Gasteiger partial charge in [-0.05, 0) is 13.8 Å². The zero-order chi connectivity index (χ0) is 15.2. The van der Waals surface area contributed by atoms with Gasteiger partial charge < -0.3 is 10.6 Å². The average molecular weight is 305 g/mol. The molecule has 2 heterocycles. The number of nitrogens with zero attached hydrogens (tertiary/aromatic N) is 3. The van der Waals surface area contributed by atoms with E-state index in [-0.39, 0.29) is 0 Å². The highest BCUT2D eigenvalue weighted by Gasteiger charge is 2.08. The molecule has 5 nitrogen and oxygen atoms in total. The van der Waals surface area contributed by atoms with Gasteiger partial charge in [-0.1, -0.05) is 13.8 Å². The van der Waals surface area contributed by atoms with Crippen LogP contribution in [0.25, 0.3) is 0 Å². The number of hydrogen-bond acceptors (Lipinski definition) is 6. The number of aryl methyl sites for hydroxylation is 1. The van der Waals surface area contributed by atoms with E-state index in [4.69, 9.17) is 0 Å². The fourth-order valence-electron chi connectivity index (χ4n) is 1.93. The molecule has 0 aliphatic carbocycles. The fraction of sp³-hybridized carbons (Fsp3) is 0.533. The molecule has 0 amide bonds. The minimum absolute atomic E-state index is 0.311. The zero-order valence-corrected chi connectivity index (χ0v) is 13.9. The van der Waals surface area contributed by atoms with Crippen molar-refractivity contribution in [3.63, 3.8) is 0 Å². The Morgan fingerprint density at radius 2 is 1.86 bits per heavy atom. The normalized spacial score (nSPS) is 10.9. The lowest BCUT2D eigenvalue weighted by Crippen LogP contribution is -2.11. The van der Waals surface area contributed by atoms with Crippen LogP contribution in [0.4, 0.5) is 11.6 Å². The van der Waals surface area contributed by atoms with E-state index in [1.807, 2.05) is 13.0 Å². The van der Waals surface area contributed by atoms with Crippen molar-refractivity contribution in [2.24, 2.45) is 0 Å². The predicted octanol–water partition coefficient (Wildman–Crippen LogP) is 3.45. The first-order valence-corrected chi connectivity index (χ1v) is 8.24. The third-order valence-corrected chi connectivity index (χ3v) is 3.79. The lowest BCUT2D eigenvalue weighted by Gasteiger charge is -2.12. The first kappa shape index (κ1) is 15.7. The smallest absolute Gasteiger partial charge is 0.135 e. The number of aromatic nitrogens is 3. The maximum absolute atomic E-state index is 4.57. The molecule has 0 aliphatic heterocycles. The van der Waals surface area contributed by atoms with Crippen LogP contribution < -0.4 is 10.6 Å². The topological polar surface area (TPSA) is 62.7 Å². The van der Waals surface area contributed by atoms with E-state index in [9.17, 15) is 0 Å². The monoisotopic (exact) mass is 305 g/mol. The number of anilines is 2. The standard InChI is InChI=1S/C15H23N5S/c1-5-16-13-8-14(20-15(19-13)10(2)3)17-7-6-12-9-21-11(4)18-12/h8-10H,5-7H2,1-4H3,(H2,16,17,19,20). The summed E-state index contributed by atoms with van der Waals surface area (Å²) in [5, 5.41) is 9.85. The van der Waals surface area contributed by atoms with Crippen molar-refractivity contribution in [3.8, 4) is 0 Å². The first-order valence-electron chi connectivity index (χ1n) is 7.36. The quantitative estimate of drug-likeness (QED) is 0.820. The van der Waals surface area contributed by atoms with Gasteiger partial charge in [0, 0.05) is 36.9 Å². The van der Waals surface area contributed by atoms with Crippen LogP contribution in [0.15, 0.2) is 11.4 Å². The van der Waals surface area contributed by atoms with Crippen LogP contribution in [0.3, 0.4) is 0 Å². The minimum atomic E-state index is 0.311. The summed E-state index contributed by atoms with van der Waals surface area (Å²) in [4.78, 5) is 13.6. The maximum atomic E-state index is 4.57. The van der Waals surface area contributed by atoms with Crippen LogP contribution in [0.5, 0.6) is 0 Å². The second-order valence-corrected chi connectivity index (χ2v) is 6.28. The van der Waals surface area contributed by atoms with E-state index < -0.39 is 0 Å². The Bertz CT molecular complexity index is 579. The summed E-state index contributed by atoms with van der Waals surface area (Å²) < 4.78 is 0. The van der Waals surface area contributed by atoms with Crippen molar-refractivity contribution in [3.05, 3.63) is 28.0 Å². The average Bonchev–Trinajstić information content (AvgIpc) is 2.84. The van der Waals surface area contributed by atoms with Gasteiger partial charge in [-0.15, -0.1) is 11.3 Å². The van der Waals surface area contributed by atoms with Gasteiger partial charge in [-0.2, -0.15) is 0 Å². The number of rotatable bonds is 7. The molecule has 0 spiro atoms. The first-order chi connectivity index (χ1) is 10.1. The molecule has 2 N–H and O–H groups in total. The third kappa shape index (κ3) is 4.67. The highest BCUT2D eigenvalue weighted by Crippen LogP contribution is 2.17. The summed E-state index contributed by atoms with van der Waals surface area (Å²) in [6, 6.07) is 1.96. The summed E-state index contributed by atoms with van der Waals surface area (Å²) in [5.74, 6) is 2.92. The number of nitrogens with one attached hydrogen (secondary N) is 2. The van der Waals surface area contributed by atoms with Gasteiger partial charge in [-0.25, -0.2) is 15.0 Å². The molecule has 2 aromatic rings. The molecule has 0 unspecified atom stereocenters. The lowest BCUT2D eigenvalue weighted by molar-refractivity contribution is 0.774. The van der Waals surface area contributed by atoms with Gasteiger partial charge in [0.05, 0.1) is 10.7 Å². The van der Waals surface area contributed by atoms with E-state index >= 15 is 0 Å². The van der Waals surface area contributed by atoms with Gasteiger partial charge in [0.15, 0.2) is 0 Å². The Balaban J connectivity index is 2.00. The van der Waals surface area contributed by atoms with Crippen molar-refractivity contribution in [2.45, 2.75) is 40.0 Å². The summed E-state index contributed by atoms with van der Waals surface area (Å²) in [6.45, 7) is 9.98. The maximum Gasteiger partial charge on any atom is 0.135 e. The highest BCUT2D eigenvalue weighted by molar-refractivity contribution is 7.09. The van der Waals surface area contributed by atoms with Crippen molar-refractivity contribution in [1.82, 2.24) is 15.0 Å². The molecular weight excluding hydrogens is 282 g/mol. The summed E-state index contributed by atoms with van der Waals surface area (Å²) >= 11 is 1.69. The molecule has 0 fully saturated rings. The van der Waals surface area contributed by atoms with Crippen molar-refractivity contribution in [1.29, 1.82) is 0 Å². The summed E-state index contributed by atoms with van der Waals surface area (Å²) in [6.07, 6.45) is 0.905.